The molecule has 0 saturated carbocycles. The summed E-state index contributed by atoms with van der Waals surface area (Å²) in [5, 5.41) is 0.955. The van der Waals surface area contributed by atoms with E-state index in [0.29, 0.717) is 18.0 Å². The van der Waals surface area contributed by atoms with Gasteiger partial charge in [-0.05, 0) is 44.0 Å². The molecule has 0 atom stereocenters. The smallest absolute Gasteiger partial charge is 0.265 e. The molecule has 150 valence electrons. The first-order chi connectivity index (χ1) is 13.3. The molecule has 1 fully saturated rings. The molecule has 6 nitrogen and oxygen atoms in total. The number of aromatic nitrogens is 1. The average molecular weight is 401 g/mol. The lowest BCUT2D eigenvalue weighted by Gasteiger charge is -2.34. The van der Waals surface area contributed by atoms with Crippen LogP contribution in [0.25, 0.3) is 0 Å². The van der Waals surface area contributed by atoms with E-state index >= 15 is 0 Å². The Morgan fingerprint density at radius 3 is 2.36 bits per heavy atom. The van der Waals surface area contributed by atoms with Crippen molar-refractivity contribution in [3.63, 3.8) is 0 Å². The maximum absolute atomic E-state index is 12.8. The minimum atomic E-state index is 0.00468. The maximum atomic E-state index is 12.8. The number of aryl methyl sites for hydroxylation is 3. The summed E-state index contributed by atoms with van der Waals surface area (Å²) in [6, 6.07) is 5.90. The quantitative estimate of drug-likeness (QED) is 0.792. The molecule has 0 bridgehead atoms. The number of nitrogens with zero attached hydrogens (tertiary/aromatic N) is 4. The topological polar surface area (TPSA) is 56.8 Å². The van der Waals surface area contributed by atoms with Gasteiger partial charge in [0.15, 0.2) is 0 Å². The monoisotopic (exact) mass is 400 g/mol. The van der Waals surface area contributed by atoms with E-state index in [4.69, 9.17) is 0 Å². The Hall–Kier alpha value is -2.25. The number of hydrogen-bond acceptors (Lipinski definition) is 5. The summed E-state index contributed by atoms with van der Waals surface area (Å²) in [6.07, 6.45) is 0. The molecule has 0 unspecified atom stereocenters. The van der Waals surface area contributed by atoms with Gasteiger partial charge in [-0.25, -0.2) is 4.98 Å². The molecule has 1 aromatic carbocycles. The zero-order valence-electron chi connectivity index (χ0n) is 17.3. The molecule has 3 rings (SSSR count). The SMILES string of the molecule is Cc1ccc(C(=O)N2CCN(Cc3nc(C)c(C(=O)N(C)C)s3)CC2)cc1C. The second-order valence-electron chi connectivity index (χ2n) is 7.59. The number of piperazine rings is 1. The van der Waals surface area contributed by atoms with E-state index in [1.54, 1.807) is 19.0 Å². The molecular weight excluding hydrogens is 372 g/mol. The van der Waals surface area contributed by atoms with Crippen molar-refractivity contribution in [2.45, 2.75) is 27.3 Å². The Kier molecular flexibility index (Phi) is 6.15. The van der Waals surface area contributed by atoms with Crippen molar-refractivity contribution in [3.05, 3.63) is 50.5 Å². The summed E-state index contributed by atoms with van der Waals surface area (Å²) in [4.78, 5) is 36.1. The van der Waals surface area contributed by atoms with Gasteiger partial charge in [-0.2, -0.15) is 0 Å². The van der Waals surface area contributed by atoms with Crippen molar-refractivity contribution in [1.29, 1.82) is 0 Å². The lowest BCUT2D eigenvalue weighted by Crippen LogP contribution is -2.48. The fourth-order valence-electron chi connectivity index (χ4n) is 3.28. The Morgan fingerprint density at radius 1 is 1.07 bits per heavy atom. The van der Waals surface area contributed by atoms with Crippen molar-refractivity contribution in [2.75, 3.05) is 40.3 Å². The van der Waals surface area contributed by atoms with Crippen LogP contribution in [-0.2, 0) is 6.54 Å². The van der Waals surface area contributed by atoms with E-state index in [9.17, 15) is 9.59 Å². The lowest BCUT2D eigenvalue weighted by atomic mass is 10.1. The van der Waals surface area contributed by atoms with E-state index < -0.39 is 0 Å². The number of amides is 2. The normalized spacial score (nSPS) is 15.0. The summed E-state index contributed by atoms with van der Waals surface area (Å²) >= 11 is 1.47. The van der Waals surface area contributed by atoms with Gasteiger partial charge < -0.3 is 9.80 Å². The molecule has 0 spiro atoms. The molecule has 2 aromatic rings. The Balaban J connectivity index is 1.58. The van der Waals surface area contributed by atoms with Crippen LogP contribution in [0.4, 0.5) is 0 Å². The van der Waals surface area contributed by atoms with Crippen molar-refractivity contribution >= 4 is 23.2 Å². The number of benzene rings is 1. The third kappa shape index (κ3) is 4.42. The Morgan fingerprint density at radius 2 is 1.75 bits per heavy atom. The van der Waals surface area contributed by atoms with E-state index in [1.165, 1.54) is 16.9 Å². The van der Waals surface area contributed by atoms with Crippen LogP contribution >= 0.6 is 11.3 Å². The molecule has 0 N–H and O–H groups in total. The number of thiazole rings is 1. The van der Waals surface area contributed by atoms with Gasteiger partial charge in [-0.1, -0.05) is 6.07 Å². The molecule has 1 aromatic heterocycles. The molecule has 2 amide bonds. The van der Waals surface area contributed by atoms with Crippen LogP contribution in [0.1, 0.15) is 41.9 Å². The Bertz CT molecular complexity index is 883. The molecule has 0 radical (unpaired) electrons. The molecule has 1 aliphatic heterocycles. The third-order valence-corrected chi connectivity index (χ3v) is 6.34. The lowest BCUT2D eigenvalue weighted by molar-refractivity contribution is 0.0628. The standard InChI is InChI=1S/C21H28N4O2S/c1-14-6-7-17(12-15(14)2)20(26)25-10-8-24(9-11-25)13-18-22-16(3)19(28-18)21(27)23(4)5/h6-7,12H,8-11,13H2,1-5H3. The molecule has 28 heavy (non-hydrogen) atoms. The van der Waals surface area contributed by atoms with Gasteiger partial charge in [0, 0.05) is 45.8 Å². The fourth-order valence-corrected chi connectivity index (χ4v) is 4.41. The molecule has 1 saturated heterocycles. The van der Waals surface area contributed by atoms with Crippen LogP contribution in [0.3, 0.4) is 0 Å². The zero-order valence-corrected chi connectivity index (χ0v) is 18.1. The molecule has 0 aliphatic carbocycles. The molecule has 1 aliphatic rings. The van der Waals surface area contributed by atoms with Gasteiger partial charge in [-0.15, -0.1) is 11.3 Å². The van der Waals surface area contributed by atoms with E-state index in [0.717, 1.165) is 41.5 Å². The van der Waals surface area contributed by atoms with Crippen LogP contribution in [0.2, 0.25) is 0 Å². The highest BCUT2D eigenvalue weighted by Crippen LogP contribution is 2.21. The van der Waals surface area contributed by atoms with E-state index in [2.05, 4.69) is 16.8 Å². The molecule has 7 heteroatoms. The van der Waals surface area contributed by atoms with Crippen LogP contribution in [-0.4, -0.2) is 71.8 Å². The average Bonchev–Trinajstić information content (AvgIpc) is 3.03. The van der Waals surface area contributed by atoms with Crippen LogP contribution in [0, 0.1) is 20.8 Å². The minimum Gasteiger partial charge on any atom is -0.344 e. The van der Waals surface area contributed by atoms with E-state index in [-0.39, 0.29) is 11.8 Å². The summed E-state index contributed by atoms with van der Waals surface area (Å²) in [6.45, 7) is 9.74. The Labute approximate surface area is 170 Å². The predicted octanol–water partition coefficient (Wildman–Crippen LogP) is 2.73. The van der Waals surface area contributed by atoms with Crippen molar-refractivity contribution in [2.24, 2.45) is 0 Å². The third-order valence-electron chi connectivity index (χ3n) is 5.21. The van der Waals surface area contributed by atoms with Crippen LogP contribution < -0.4 is 0 Å². The first-order valence-corrected chi connectivity index (χ1v) is 10.3. The van der Waals surface area contributed by atoms with Crippen molar-refractivity contribution in [3.8, 4) is 0 Å². The maximum Gasteiger partial charge on any atom is 0.265 e. The summed E-state index contributed by atoms with van der Waals surface area (Å²) in [5.74, 6) is 0.108. The fraction of sp³-hybridized carbons (Fsp3) is 0.476. The summed E-state index contributed by atoms with van der Waals surface area (Å²) in [7, 11) is 3.51. The number of carbonyl (C=O) groups is 2. The summed E-state index contributed by atoms with van der Waals surface area (Å²) in [5.41, 5.74) is 3.90. The van der Waals surface area contributed by atoms with Crippen LogP contribution in [0.15, 0.2) is 18.2 Å². The first kappa shape index (κ1) is 20.5. The highest BCUT2D eigenvalue weighted by atomic mass is 32.1. The second-order valence-corrected chi connectivity index (χ2v) is 8.67. The van der Waals surface area contributed by atoms with E-state index in [1.807, 2.05) is 36.9 Å². The predicted molar refractivity (Wildman–Crippen MR) is 112 cm³/mol. The number of carbonyl (C=O) groups excluding carboxylic acids is 2. The van der Waals surface area contributed by atoms with Gasteiger partial charge in [0.2, 0.25) is 0 Å². The minimum absolute atomic E-state index is 0.00468. The van der Waals surface area contributed by atoms with Gasteiger partial charge in [0.1, 0.15) is 9.88 Å². The molecular formula is C21H28N4O2S. The zero-order chi connectivity index (χ0) is 20.4. The number of rotatable bonds is 4. The summed E-state index contributed by atoms with van der Waals surface area (Å²) < 4.78 is 0. The van der Waals surface area contributed by atoms with Gasteiger partial charge in [0.05, 0.1) is 12.2 Å². The van der Waals surface area contributed by atoms with Gasteiger partial charge >= 0.3 is 0 Å². The first-order valence-electron chi connectivity index (χ1n) is 9.53. The number of hydrogen-bond donors (Lipinski definition) is 0. The van der Waals surface area contributed by atoms with Crippen molar-refractivity contribution < 1.29 is 9.59 Å². The molecule has 2 heterocycles. The van der Waals surface area contributed by atoms with Crippen molar-refractivity contribution in [1.82, 2.24) is 19.7 Å². The van der Waals surface area contributed by atoms with Crippen LogP contribution in [0.5, 0.6) is 0 Å². The second kappa shape index (κ2) is 8.41. The highest BCUT2D eigenvalue weighted by Gasteiger charge is 2.24. The highest BCUT2D eigenvalue weighted by molar-refractivity contribution is 7.13. The van der Waals surface area contributed by atoms with Gasteiger partial charge in [-0.3, -0.25) is 14.5 Å². The largest absolute Gasteiger partial charge is 0.344 e. The van der Waals surface area contributed by atoms with Gasteiger partial charge in [0.25, 0.3) is 11.8 Å².